The highest BCUT2D eigenvalue weighted by Gasteiger charge is 2.39. The average molecular weight is 327 g/mol. The van der Waals surface area contributed by atoms with Crippen LogP contribution in [0.1, 0.15) is 67.8 Å². The molecule has 0 bridgehead atoms. The highest BCUT2D eigenvalue weighted by atomic mass is 16.2. The van der Waals surface area contributed by atoms with Crippen LogP contribution >= 0.6 is 0 Å². The Morgan fingerprint density at radius 1 is 1.21 bits per heavy atom. The number of nitrogens with one attached hydrogen (secondary N) is 1. The zero-order valence-electron chi connectivity index (χ0n) is 14.7. The lowest BCUT2D eigenvalue weighted by Crippen LogP contribution is -2.47. The van der Waals surface area contributed by atoms with E-state index in [4.69, 9.17) is 11.1 Å². The molecule has 1 aromatic carbocycles. The number of carbonyl (C=O) groups excluding carboxylic acids is 1. The lowest BCUT2D eigenvalue weighted by atomic mass is 9.66. The van der Waals surface area contributed by atoms with Gasteiger partial charge in [-0.05, 0) is 62.0 Å². The number of amides is 1. The molecule has 24 heavy (non-hydrogen) atoms. The topological polar surface area (TPSA) is 70.2 Å². The van der Waals surface area contributed by atoms with Gasteiger partial charge in [0.25, 0.3) is 5.91 Å². The van der Waals surface area contributed by atoms with Gasteiger partial charge in [-0.3, -0.25) is 10.2 Å². The zero-order chi connectivity index (χ0) is 17.2. The Labute approximate surface area is 144 Å². The fraction of sp³-hybridized carbons (Fsp3) is 0.600. The van der Waals surface area contributed by atoms with Gasteiger partial charge in [0.2, 0.25) is 0 Å². The fourth-order valence-electron chi connectivity index (χ4n) is 4.46. The van der Waals surface area contributed by atoms with Crippen LogP contribution in [0.4, 0.5) is 0 Å². The third-order valence-electron chi connectivity index (χ3n) is 6.13. The van der Waals surface area contributed by atoms with Crippen molar-refractivity contribution in [2.24, 2.45) is 17.1 Å². The second-order valence-electron chi connectivity index (χ2n) is 7.67. The number of nitrogen functional groups attached to an aromatic ring is 1. The summed E-state index contributed by atoms with van der Waals surface area (Å²) in [6, 6.07) is 7.13. The number of rotatable bonds is 3. The van der Waals surface area contributed by atoms with Crippen molar-refractivity contribution in [3.63, 3.8) is 0 Å². The molecular weight excluding hydrogens is 298 g/mol. The quantitative estimate of drug-likeness (QED) is 0.655. The Hall–Kier alpha value is -1.84. The van der Waals surface area contributed by atoms with Crippen LogP contribution in [-0.2, 0) is 0 Å². The van der Waals surface area contributed by atoms with Gasteiger partial charge in [-0.1, -0.05) is 25.5 Å². The summed E-state index contributed by atoms with van der Waals surface area (Å²) in [5.74, 6) is 1.06. The van der Waals surface area contributed by atoms with Crippen molar-refractivity contribution in [3.05, 3.63) is 35.4 Å². The van der Waals surface area contributed by atoms with Gasteiger partial charge in [0, 0.05) is 24.2 Å². The molecule has 1 saturated carbocycles. The SMILES string of the molecule is CCC1CCC2(CCCN(C(=O)c3ccc(C(=N)N)cc3)C2)CC1. The minimum absolute atomic E-state index is 0.0404. The predicted octanol–water partition coefficient (Wildman–Crippen LogP) is 3.79. The van der Waals surface area contributed by atoms with Crippen molar-refractivity contribution in [2.45, 2.75) is 51.9 Å². The van der Waals surface area contributed by atoms with Crippen LogP contribution in [0.3, 0.4) is 0 Å². The average Bonchev–Trinajstić information content (AvgIpc) is 2.62. The van der Waals surface area contributed by atoms with Crippen LogP contribution in [0.2, 0.25) is 0 Å². The van der Waals surface area contributed by atoms with E-state index >= 15 is 0 Å². The Balaban J connectivity index is 1.68. The summed E-state index contributed by atoms with van der Waals surface area (Å²) in [6.07, 6.45) is 8.89. The molecule has 0 aromatic heterocycles. The van der Waals surface area contributed by atoms with Gasteiger partial charge in [-0.15, -0.1) is 0 Å². The summed E-state index contributed by atoms with van der Waals surface area (Å²) < 4.78 is 0. The lowest BCUT2D eigenvalue weighted by Gasteiger charge is -2.47. The molecule has 1 aromatic rings. The molecule has 4 nitrogen and oxygen atoms in total. The van der Waals surface area contributed by atoms with Gasteiger partial charge < -0.3 is 10.6 Å². The van der Waals surface area contributed by atoms with Crippen molar-refractivity contribution >= 4 is 11.7 Å². The number of piperidine rings is 1. The second-order valence-corrected chi connectivity index (χ2v) is 7.67. The van der Waals surface area contributed by atoms with Gasteiger partial charge in [-0.25, -0.2) is 0 Å². The third-order valence-corrected chi connectivity index (χ3v) is 6.13. The van der Waals surface area contributed by atoms with E-state index in [0.717, 1.165) is 25.4 Å². The van der Waals surface area contributed by atoms with Gasteiger partial charge in [0.05, 0.1) is 0 Å². The lowest BCUT2D eigenvalue weighted by molar-refractivity contribution is 0.0307. The number of nitrogens with zero attached hydrogens (tertiary/aromatic N) is 1. The first-order chi connectivity index (χ1) is 11.5. The Morgan fingerprint density at radius 2 is 1.83 bits per heavy atom. The summed E-state index contributed by atoms with van der Waals surface area (Å²) in [5, 5.41) is 7.45. The van der Waals surface area contributed by atoms with E-state index in [-0.39, 0.29) is 11.7 Å². The molecule has 1 amide bonds. The summed E-state index contributed by atoms with van der Waals surface area (Å²) in [5.41, 5.74) is 7.22. The summed E-state index contributed by atoms with van der Waals surface area (Å²) >= 11 is 0. The number of likely N-dealkylation sites (tertiary alicyclic amines) is 1. The molecule has 1 aliphatic heterocycles. The maximum atomic E-state index is 12.9. The Morgan fingerprint density at radius 3 is 2.42 bits per heavy atom. The van der Waals surface area contributed by atoms with E-state index in [1.54, 1.807) is 24.3 Å². The van der Waals surface area contributed by atoms with Gasteiger partial charge in [-0.2, -0.15) is 0 Å². The number of amidine groups is 1. The zero-order valence-corrected chi connectivity index (χ0v) is 14.7. The molecule has 2 fully saturated rings. The summed E-state index contributed by atoms with van der Waals surface area (Å²) in [6.45, 7) is 4.08. The monoisotopic (exact) mass is 327 g/mol. The van der Waals surface area contributed by atoms with Crippen molar-refractivity contribution in [2.75, 3.05) is 13.1 Å². The highest BCUT2D eigenvalue weighted by Crippen LogP contribution is 2.45. The largest absolute Gasteiger partial charge is 0.384 e. The Kier molecular flexibility index (Phi) is 4.93. The standard InChI is InChI=1S/C20H29N3O/c1-2-15-8-11-20(12-9-15)10-3-13-23(14-20)19(24)17-6-4-16(5-7-17)18(21)22/h4-7,15H,2-3,8-14H2,1H3,(H3,21,22). The molecule has 4 heteroatoms. The van der Waals surface area contributed by atoms with Crippen LogP contribution in [0.25, 0.3) is 0 Å². The van der Waals surface area contributed by atoms with Crippen molar-refractivity contribution in [3.8, 4) is 0 Å². The molecule has 0 unspecified atom stereocenters. The highest BCUT2D eigenvalue weighted by molar-refractivity contribution is 5.98. The molecule has 0 atom stereocenters. The maximum absolute atomic E-state index is 12.9. The molecule has 2 aliphatic rings. The predicted molar refractivity (Wildman–Crippen MR) is 97.3 cm³/mol. The minimum Gasteiger partial charge on any atom is -0.384 e. The molecule has 3 N–H and O–H groups in total. The van der Waals surface area contributed by atoms with Gasteiger partial charge in [0.15, 0.2) is 0 Å². The van der Waals surface area contributed by atoms with Gasteiger partial charge >= 0.3 is 0 Å². The molecule has 1 spiro atoms. The van der Waals surface area contributed by atoms with Crippen LogP contribution in [0.15, 0.2) is 24.3 Å². The van der Waals surface area contributed by atoms with E-state index in [1.807, 2.05) is 0 Å². The number of nitrogens with two attached hydrogens (primary N) is 1. The van der Waals surface area contributed by atoms with Gasteiger partial charge in [0.1, 0.15) is 5.84 Å². The summed E-state index contributed by atoms with van der Waals surface area (Å²) in [7, 11) is 0. The molecule has 130 valence electrons. The first kappa shape index (κ1) is 17.0. The smallest absolute Gasteiger partial charge is 0.253 e. The van der Waals surface area contributed by atoms with Crippen molar-refractivity contribution in [1.82, 2.24) is 4.90 Å². The van der Waals surface area contributed by atoms with E-state index in [1.165, 1.54) is 38.5 Å². The molecule has 0 radical (unpaired) electrons. The number of hydrogen-bond acceptors (Lipinski definition) is 2. The van der Waals surface area contributed by atoms with Crippen LogP contribution in [-0.4, -0.2) is 29.7 Å². The van der Waals surface area contributed by atoms with Crippen molar-refractivity contribution in [1.29, 1.82) is 5.41 Å². The van der Waals surface area contributed by atoms with Crippen LogP contribution < -0.4 is 5.73 Å². The molecular formula is C20H29N3O. The molecule has 1 aliphatic carbocycles. The first-order valence-electron chi connectivity index (χ1n) is 9.27. The third kappa shape index (κ3) is 3.47. The molecule has 1 saturated heterocycles. The Bertz CT molecular complexity index is 600. The normalized spacial score (nSPS) is 27.2. The van der Waals surface area contributed by atoms with E-state index in [9.17, 15) is 4.79 Å². The van der Waals surface area contributed by atoms with Crippen molar-refractivity contribution < 1.29 is 4.79 Å². The van der Waals surface area contributed by atoms with Crippen LogP contribution in [0.5, 0.6) is 0 Å². The van der Waals surface area contributed by atoms with E-state index in [0.29, 0.717) is 16.5 Å². The first-order valence-corrected chi connectivity index (χ1v) is 9.27. The molecule has 3 rings (SSSR count). The van der Waals surface area contributed by atoms with E-state index in [2.05, 4.69) is 11.8 Å². The number of carbonyl (C=O) groups is 1. The van der Waals surface area contributed by atoms with Crippen LogP contribution in [0, 0.1) is 16.7 Å². The number of hydrogen-bond donors (Lipinski definition) is 2. The summed E-state index contributed by atoms with van der Waals surface area (Å²) in [4.78, 5) is 14.9. The van der Waals surface area contributed by atoms with E-state index < -0.39 is 0 Å². The minimum atomic E-state index is 0.0404. The maximum Gasteiger partial charge on any atom is 0.253 e. The molecule has 1 heterocycles. The second kappa shape index (κ2) is 6.96. The number of benzene rings is 1. The fourth-order valence-corrected chi connectivity index (χ4v) is 4.46.